The molecule has 0 bridgehead atoms. The third-order valence-corrected chi connectivity index (χ3v) is 17.6. The van der Waals surface area contributed by atoms with E-state index in [1.807, 2.05) is 45.3 Å². The quantitative estimate of drug-likeness (QED) is 0.202. The minimum atomic E-state index is -0.339. The van der Waals surface area contributed by atoms with E-state index in [0.29, 0.717) is 0 Å². The van der Waals surface area contributed by atoms with Gasteiger partial charge in [0.05, 0.1) is 17.6 Å². The average Bonchev–Trinajstić information content (AvgIpc) is 3.55. The van der Waals surface area contributed by atoms with Crippen LogP contribution in [0.2, 0.25) is 24.2 Å². The van der Waals surface area contributed by atoms with E-state index in [0.717, 1.165) is 0 Å². The maximum absolute atomic E-state index is 2.39. The molecule has 0 nitrogen and oxygen atoms in total. The summed E-state index contributed by atoms with van der Waals surface area (Å²) in [5.41, 5.74) is 0. The average molecular weight is 501 g/mol. The molecule has 0 atom stereocenters. The van der Waals surface area contributed by atoms with Crippen LogP contribution in [0.15, 0.2) is 48.5 Å². The van der Waals surface area contributed by atoms with Gasteiger partial charge in [-0.05, 0) is 45.4 Å². The minimum absolute atomic E-state index is 0.339. The van der Waals surface area contributed by atoms with Crippen LogP contribution in [-0.2, 0) is 0 Å². The Morgan fingerprint density at radius 3 is 1.00 bits per heavy atom. The van der Waals surface area contributed by atoms with Crippen molar-refractivity contribution in [2.75, 3.05) is 0 Å². The molecule has 0 spiro atoms. The molecule has 0 saturated heterocycles. The highest BCUT2D eigenvalue weighted by atomic mass is 32.1. The summed E-state index contributed by atoms with van der Waals surface area (Å²) in [4.78, 5) is 8.52. The molecule has 0 aliphatic heterocycles. The van der Waals surface area contributed by atoms with Crippen LogP contribution in [0.25, 0.3) is 29.3 Å². The van der Waals surface area contributed by atoms with Crippen molar-refractivity contribution in [2.45, 2.75) is 51.9 Å². The fourth-order valence-electron chi connectivity index (χ4n) is 3.72. The predicted octanol–water partition coefficient (Wildman–Crippen LogP) is 8.42. The lowest BCUT2D eigenvalue weighted by atomic mass is 10.3. The molecule has 0 fully saturated rings. The molecule has 0 aliphatic rings. The first-order valence-electron chi connectivity index (χ1n) is 10.8. The molecule has 6 heteroatoms. The predicted molar refractivity (Wildman–Crippen MR) is 147 cm³/mol. The van der Waals surface area contributed by atoms with Crippen LogP contribution in [0.3, 0.4) is 0 Å². The van der Waals surface area contributed by atoms with Gasteiger partial charge in [0, 0.05) is 29.3 Å². The summed E-state index contributed by atoms with van der Waals surface area (Å²) in [6.45, 7) is 9.38. The number of rotatable bonds is 9. The van der Waals surface area contributed by atoms with Crippen LogP contribution in [0.5, 0.6) is 0 Å². The van der Waals surface area contributed by atoms with Crippen LogP contribution in [0.4, 0.5) is 0 Å². The molecule has 0 aromatic carbocycles. The maximum atomic E-state index is 2.39. The highest BCUT2D eigenvalue weighted by molar-refractivity contribution is 7.32. The molecule has 156 valence electrons. The molecule has 0 saturated carbocycles. The molecule has 0 amide bonds. The normalized spacial score (nSPS) is 11.8. The zero-order valence-corrected chi connectivity index (χ0v) is 23.3. The van der Waals surface area contributed by atoms with Gasteiger partial charge in [-0.2, -0.15) is 0 Å². The Kier molecular flexibility index (Phi) is 7.65. The van der Waals surface area contributed by atoms with E-state index < -0.39 is 0 Å². The number of hydrogen-bond donors (Lipinski definition) is 0. The van der Waals surface area contributed by atoms with Gasteiger partial charge in [-0.15, -0.1) is 45.3 Å². The van der Waals surface area contributed by atoms with Crippen molar-refractivity contribution >= 4 is 71.9 Å². The fraction of sp³-hybridized carbons (Fsp3) is 0.333. The molecule has 0 unspecified atom stereocenters. The smallest absolute Gasteiger partial charge is 0.0987 e. The lowest BCUT2D eigenvalue weighted by Gasteiger charge is -2.05. The van der Waals surface area contributed by atoms with Gasteiger partial charge in [0.2, 0.25) is 0 Å². The van der Waals surface area contributed by atoms with E-state index >= 15 is 0 Å². The highest BCUT2D eigenvalue weighted by Gasteiger charge is 2.16. The lowest BCUT2D eigenvalue weighted by molar-refractivity contribution is 1.33. The third kappa shape index (κ3) is 4.69. The molecular formula is C24H28S4Si2. The molecule has 30 heavy (non-hydrogen) atoms. The van der Waals surface area contributed by atoms with Gasteiger partial charge in [-0.3, -0.25) is 0 Å². The van der Waals surface area contributed by atoms with Crippen molar-refractivity contribution in [1.82, 2.24) is 0 Å². The van der Waals surface area contributed by atoms with Gasteiger partial charge < -0.3 is 0 Å². The topological polar surface area (TPSA) is 0 Å². The second-order valence-corrected chi connectivity index (χ2v) is 18.7. The molecule has 4 aromatic heterocycles. The zero-order chi connectivity index (χ0) is 21.1. The van der Waals surface area contributed by atoms with E-state index in [1.165, 1.54) is 53.4 Å². The largest absolute Gasteiger partial charge is 0.144 e. The molecule has 4 aromatic rings. The fourth-order valence-corrected chi connectivity index (χ4v) is 14.1. The van der Waals surface area contributed by atoms with Crippen molar-refractivity contribution in [3.8, 4) is 29.3 Å². The Balaban J connectivity index is 1.53. The summed E-state index contributed by atoms with van der Waals surface area (Å²) in [5, 5.41) is 0. The van der Waals surface area contributed by atoms with Crippen molar-refractivity contribution in [2.24, 2.45) is 0 Å². The first-order valence-corrected chi connectivity index (χ1v) is 17.9. The monoisotopic (exact) mass is 500 g/mol. The van der Waals surface area contributed by atoms with Crippen LogP contribution >= 0.6 is 45.3 Å². The highest BCUT2D eigenvalue weighted by Crippen LogP contribution is 2.41. The standard InChI is InChI=1S/C24H28S4Si2/c1-5-29(6-2)23-15-13-21(27-23)19-11-9-17(25-19)18-10-12-20(26-18)22-14-16-24(28-22)30(7-3)8-4/h9-16H,5-8H2,1-4H3. The first kappa shape index (κ1) is 22.4. The third-order valence-electron chi connectivity index (χ3n) is 5.56. The van der Waals surface area contributed by atoms with Crippen molar-refractivity contribution in [3.05, 3.63) is 48.5 Å². The SMILES string of the molecule is CC[Si](CC)c1ccc(-c2ccc(-c3ccc(-c4ccc([Si](CC)CC)s4)s3)s2)s1. The summed E-state index contributed by atoms with van der Waals surface area (Å²) in [5.74, 6) is 0. The van der Waals surface area contributed by atoms with Crippen molar-refractivity contribution in [3.63, 3.8) is 0 Å². The van der Waals surface area contributed by atoms with Crippen LogP contribution < -0.4 is 9.00 Å². The Hall–Kier alpha value is -0.766. The molecule has 4 rings (SSSR count). The van der Waals surface area contributed by atoms with Crippen LogP contribution in [0.1, 0.15) is 27.7 Å². The van der Waals surface area contributed by atoms with E-state index in [4.69, 9.17) is 0 Å². The van der Waals surface area contributed by atoms with Gasteiger partial charge in [0.15, 0.2) is 0 Å². The Bertz CT molecular complexity index is 990. The molecule has 0 aliphatic carbocycles. The Morgan fingerprint density at radius 2 is 0.700 bits per heavy atom. The minimum Gasteiger partial charge on any atom is -0.144 e. The molecule has 2 radical (unpaired) electrons. The van der Waals surface area contributed by atoms with Crippen molar-refractivity contribution < 1.29 is 0 Å². The van der Waals surface area contributed by atoms with Crippen LogP contribution in [0, 0.1) is 0 Å². The molecule has 0 N–H and O–H groups in total. The second-order valence-electron chi connectivity index (χ2n) is 7.28. The van der Waals surface area contributed by atoms with Gasteiger partial charge in [-0.25, -0.2) is 0 Å². The summed E-state index contributed by atoms with van der Waals surface area (Å²) in [6.07, 6.45) is 0. The molecule has 4 heterocycles. The second kappa shape index (κ2) is 10.2. The van der Waals surface area contributed by atoms with Gasteiger partial charge in [0.25, 0.3) is 0 Å². The number of hydrogen-bond acceptors (Lipinski definition) is 4. The first-order chi connectivity index (χ1) is 14.7. The number of thiophene rings is 4. The molecular weight excluding hydrogens is 473 g/mol. The summed E-state index contributed by atoms with van der Waals surface area (Å²) in [7, 11) is -0.677. The summed E-state index contributed by atoms with van der Waals surface area (Å²) >= 11 is 7.95. The van der Waals surface area contributed by atoms with E-state index in [1.54, 1.807) is 9.00 Å². The zero-order valence-electron chi connectivity index (χ0n) is 18.1. The van der Waals surface area contributed by atoms with Crippen LogP contribution in [-0.4, -0.2) is 17.6 Å². The van der Waals surface area contributed by atoms with E-state index in [2.05, 4.69) is 76.2 Å². The van der Waals surface area contributed by atoms with E-state index in [9.17, 15) is 0 Å². The van der Waals surface area contributed by atoms with Gasteiger partial charge in [-0.1, -0.05) is 64.0 Å². The Morgan fingerprint density at radius 1 is 0.433 bits per heavy atom. The Labute approximate surface area is 200 Å². The van der Waals surface area contributed by atoms with Gasteiger partial charge >= 0.3 is 0 Å². The summed E-state index contributed by atoms with van der Waals surface area (Å²) < 4.78 is 3.28. The van der Waals surface area contributed by atoms with Gasteiger partial charge in [0.1, 0.15) is 0 Å². The van der Waals surface area contributed by atoms with E-state index in [-0.39, 0.29) is 17.6 Å². The summed E-state index contributed by atoms with van der Waals surface area (Å²) in [6, 6.07) is 24.1. The van der Waals surface area contributed by atoms with Crippen molar-refractivity contribution in [1.29, 1.82) is 0 Å². The maximum Gasteiger partial charge on any atom is 0.0987 e. The lowest BCUT2D eigenvalue weighted by Crippen LogP contribution is -2.24.